The summed E-state index contributed by atoms with van der Waals surface area (Å²) in [5.74, 6) is -3.18. The maximum atomic E-state index is 13.6. The zero-order chi connectivity index (χ0) is 22.1. The van der Waals surface area contributed by atoms with E-state index in [1.807, 2.05) is 0 Å². The van der Waals surface area contributed by atoms with Crippen molar-refractivity contribution in [3.05, 3.63) is 67.7 Å². The number of aliphatic hydroxyl groups is 1. The van der Waals surface area contributed by atoms with E-state index in [1.54, 1.807) is 26.8 Å². The SMILES string of the molecule is CC(C)(C)OC(=O)N[C@@]12C(=O)c3cccc([N+](=O)[O-])c3[C@]1(O)Oc1cc(Br)ccc12. The topological polar surface area (TPSA) is 128 Å². The van der Waals surface area contributed by atoms with Gasteiger partial charge in [-0.1, -0.05) is 34.1 Å². The van der Waals surface area contributed by atoms with Crippen LogP contribution in [0.15, 0.2) is 40.9 Å². The molecule has 1 aliphatic carbocycles. The Bertz CT molecular complexity index is 1130. The Kier molecular flexibility index (Phi) is 4.23. The van der Waals surface area contributed by atoms with Gasteiger partial charge in [-0.2, -0.15) is 0 Å². The Morgan fingerprint density at radius 1 is 1.30 bits per heavy atom. The summed E-state index contributed by atoms with van der Waals surface area (Å²) < 4.78 is 11.6. The quantitative estimate of drug-likeness (QED) is 0.501. The van der Waals surface area contributed by atoms with Gasteiger partial charge in [-0.25, -0.2) is 4.79 Å². The summed E-state index contributed by atoms with van der Waals surface area (Å²) in [6, 6.07) is 8.47. The predicted molar refractivity (Wildman–Crippen MR) is 107 cm³/mol. The zero-order valence-electron chi connectivity index (χ0n) is 16.2. The average molecular weight is 477 g/mol. The molecule has 0 saturated heterocycles. The van der Waals surface area contributed by atoms with Gasteiger partial charge in [0.25, 0.3) is 11.5 Å². The molecule has 30 heavy (non-hydrogen) atoms. The van der Waals surface area contributed by atoms with Crippen LogP contribution in [-0.4, -0.2) is 27.5 Å². The first-order chi connectivity index (χ1) is 13.9. The minimum absolute atomic E-state index is 0.0973. The summed E-state index contributed by atoms with van der Waals surface area (Å²) >= 11 is 3.29. The molecule has 1 aliphatic heterocycles. The van der Waals surface area contributed by atoms with Gasteiger partial charge in [0.15, 0.2) is 0 Å². The third-order valence-electron chi connectivity index (χ3n) is 4.97. The van der Waals surface area contributed by atoms with E-state index in [0.717, 1.165) is 6.07 Å². The molecule has 4 rings (SSSR count). The molecule has 2 N–H and O–H groups in total. The van der Waals surface area contributed by atoms with Crippen molar-refractivity contribution in [3.8, 4) is 5.75 Å². The van der Waals surface area contributed by atoms with E-state index in [4.69, 9.17) is 9.47 Å². The lowest BCUT2D eigenvalue weighted by Gasteiger charge is -2.34. The molecule has 1 heterocycles. The number of ether oxygens (including phenoxy) is 2. The molecule has 1 amide bonds. The first kappa shape index (κ1) is 20.3. The molecular formula is C20H17BrN2O7. The van der Waals surface area contributed by atoms with E-state index in [1.165, 1.54) is 24.3 Å². The summed E-state index contributed by atoms with van der Waals surface area (Å²) in [4.78, 5) is 37.2. The molecule has 2 aliphatic rings. The third kappa shape index (κ3) is 2.63. The Labute approximate surface area is 179 Å². The molecule has 0 unspecified atom stereocenters. The lowest BCUT2D eigenvalue weighted by Crippen LogP contribution is -2.60. The van der Waals surface area contributed by atoms with Gasteiger partial charge in [-0.05, 0) is 32.9 Å². The molecule has 2 aromatic carbocycles. The Morgan fingerprint density at radius 2 is 2.00 bits per heavy atom. The number of carbonyl (C=O) groups is 2. The average Bonchev–Trinajstić information content (AvgIpc) is 2.96. The molecule has 2 atom stereocenters. The van der Waals surface area contributed by atoms with Crippen molar-refractivity contribution in [2.45, 2.75) is 37.7 Å². The fraction of sp³-hybridized carbons (Fsp3) is 0.300. The molecule has 0 aromatic heterocycles. The number of nitrogens with one attached hydrogen (secondary N) is 1. The van der Waals surface area contributed by atoms with Crippen molar-refractivity contribution in [2.75, 3.05) is 0 Å². The van der Waals surface area contributed by atoms with Crippen molar-refractivity contribution >= 4 is 33.5 Å². The van der Waals surface area contributed by atoms with E-state index in [0.29, 0.717) is 4.47 Å². The number of carbonyl (C=O) groups excluding carboxylic acids is 2. The largest absolute Gasteiger partial charge is 0.454 e. The summed E-state index contributed by atoms with van der Waals surface area (Å²) in [7, 11) is 0. The lowest BCUT2D eigenvalue weighted by molar-refractivity contribution is -0.388. The van der Waals surface area contributed by atoms with Crippen LogP contribution in [0.25, 0.3) is 0 Å². The number of nitro groups is 1. The van der Waals surface area contributed by atoms with Crippen LogP contribution in [-0.2, 0) is 16.1 Å². The highest BCUT2D eigenvalue weighted by Crippen LogP contribution is 2.60. The van der Waals surface area contributed by atoms with E-state index < -0.39 is 39.4 Å². The summed E-state index contributed by atoms with van der Waals surface area (Å²) in [5.41, 5.74) is -3.81. The van der Waals surface area contributed by atoms with Gasteiger partial charge in [0.1, 0.15) is 16.9 Å². The Hall–Kier alpha value is -2.98. The second kappa shape index (κ2) is 6.26. The lowest BCUT2D eigenvalue weighted by atomic mass is 9.83. The van der Waals surface area contributed by atoms with Crippen molar-refractivity contribution in [1.29, 1.82) is 0 Å². The van der Waals surface area contributed by atoms with Gasteiger partial charge in [0.05, 0.1) is 4.92 Å². The number of halogens is 1. The van der Waals surface area contributed by atoms with Crippen LogP contribution in [0.2, 0.25) is 0 Å². The van der Waals surface area contributed by atoms with Gasteiger partial charge in [0, 0.05) is 21.7 Å². The van der Waals surface area contributed by atoms with Crippen molar-refractivity contribution < 1.29 is 29.1 Å². The van der Waals surface area contributed by atoms with E-state index in [9.17, 15) is 24.8 Å². The molecule has 0 spiro atoms. The van der Waals surface area contributed by atoms with Crippen LogP contribution in [0.3, 0.4) is 0 Å². The number of ketones is 1. The van der Waals surface area contributed by atoms with Gasteiger partial charge in [0.2, 0.25) is 11.3 Å². The smallest absolute Gasteiger partial charge is 0.408 e. The third-order valence-corrected chi connectivity index (χ3v) is 5.46. The molecule has 156 valence electrons. The van der Waals surface area contributed by atoms with Crippen LogP contribution in [0, 0.1) is 10.1 Å². The highest BCUT2D eigenvalue weighted by atomic mass is 79.9. The highest BCUT2D eigenvalue weighted by Gasteiger charge is 2.74. The number of alkyl carbamates (subject to hydrolysis) is 1. The molecule has 0 bridgehead atoms. The van der Waals surface area contributed by atoms with Gasteiger partial charge < -0.3 is 14.6 Å². The van der Waals surface area contributed by atoms with E-state index in [2.05, 4.69) is 21.2 Å². The summed E-state index contributed by atoms with van der Waals surface area (Å²) in [6.07, 6.45) is -0.982. The minimum atomic E-state index is -2.54. The maximum Gasteiger partial charge on any atom is 0.408 e. The number of Topliss-reactive ketones (excluding diaryl/α,β-unsaturated/α-hetero) is 1. The number of hydrogen-bond acceptors (Lipinski definition) is 7. The minimum Gasteiger partial charge on any atom is -0.454 e. The molecular weight excluding hydrogens is 460 g/mol. The predicted octanol–water partition coefficient (Wildman–Crippen LogP) is 3.51. The highest BCUT2D eigenvalue weighted by molar-refractivity contribution is 9.10. The standard InChI is InChI=1S/C20H17BrN2O7/c1-18(2,3)30-17(25)22-19-12-8-7-10(21)9-14(12)29-20(19,26)15-11(16(19)24)5-4-6-13(15)23(27)28/h4-9,26H,1-3H3,(H,22,25)/t19-,20-/m0/s1. The number of benzene rings is 2. The summed E-state index contributed by atoms with van der Waals surface area (Å²) in [5, 5.41) is 25.8. The number of rotatable bonds is 2. The van der Waals surface area contributed by atoms with Gasteiger partial charge in [-0.15, -0.1) is 0 Å². The number of fused-ring (bicyclic) bond motifs is 5. The number of amides is 1. The molecule has 10 heteroatoms. The fourth-order valence-electron chi connectivity index (χ4n) is 3.93. The molecule has 9 nitrogen and oxygen atoms in total. The normalized spacial score (nSPS) is 23.8. The number of hydrogen-bond donors (Lipinski definition) is 2. The second-order valence-corrected chi connectivity index (χ2v) is 8.97. The van der Waals surface area contributed by atoms with Crippen molar-refractivity contribution in [1.82, 2.24) is 5.32 Å². The maximum absolute atomic E-state index is 13.6. The molecule has 2 aromatic rings. The van der Waals surface area contributed by atoms with E-state index in [-0.39, 0.29) is 22.4 Å². The number of nitro benzene ring substituents is 1. The van der Waals surface area contributed by atoms with Crippen LogP contribution < -0.4 is 10.1 Å². The van der Waals surface area contributed by atoms with Crippen LogP contribution in [0.4, 0.5) is 10.5 Å². The van der Waals surface area contributed by atoms with Gasteiger partial charge in [-0.3, -0.25) is 20.2 Å². The molecule has 0 fully saturated rings. The van der Waals surface area contributed by atoms with Crippen molar-refractivity contribution in [3.63, 3.8) is 0 Å². The monoisotopic (exact) mass is 476 g/mol. The fourth-order valence-corrected chi connectivity index (χ4v) is 4.27. The van der Waals surface area contributed by atoms with Crippen molar-refractivity contribution in [2.24, 2.45) is 0 Å². The molecule has 0 radical (unpaired) electrons. The zero-order valence-corrected chi connectivity index (χ0v) is 17.8. The number of nitrogens with zero attached hydrogens (tertiary/aromatic N) is 1. The first-order valence-electron chi connectivity index (χ1n) is 8.96. The molecule has 0 saturated carbocycles. The second-order valence-electron chi connectivity index (χ2n) is 8.05. The van der Waals surface area contributed by atoms with Crippen LogP contribution >= 0.6 is 15.9 Å². The van der Waals surface area contributed by atoms with E-state index >= 15 is 0 Å². The Morgan fingerprint density at radius 3 is 2.63 bits per heavy atom. The van der Waals surface area contributed by atoms with Crippen LogP contribution in [0.5, 0.6) is 5.75 Å². The van der Waals surface area contributed by atoms with Crippen LogP contribution in [0.1, 0.15) is 42.3 Å². The first-order valence-corrected chi connectivity index (χ1v) is 9.75. The Balaban J connectivity index is 1.98. The van der Waals surface area contributed by atoms with Gasteiger partial charge >= 0.3 is 6.09 Å². The summed E-state index contributed by atoms with van der Waals surface area (Å²) in [6.45, 7) is 4.92.